The minimum absolute atomic E-state index is 0.00315. The van der Waals surface area contributed by atoms with Crippen molar-refractivity contribution in [1.29, 1.82) is 0 Å². The lowest BCUT2D eigenvalue weighted by atomic mass is 10.1. The van der Waals surface area contributed by atoms with E-state index in [2.05, 4.69) is 19.9 Å². The molecule has 0 amide bonds. The normalized spacial score (nSPS) is 25.9. The number of hydrogen-bond acceptors (Lipinski definition) is 20. The number of carbonyl (C=O) groups is 2. The van der Waals surface area contributed by atoms with E-state index in [1.54, 1.807) is 97.1 Å². The molecule has 75 heavy (non-hydrogen) atoms. The van der Waals surface area contributed by atoms with Gasteiger partial charge in [0.05, 0.1) is 36.8 Å². The second-order valence-corrected chi connectivity index (χ2v) is 25.6. The van der Waals surface area contributed by atoms with Crippen molar-refractivity contribution in [2.24, 2.45) is 0 Å². The molecule has 3 aliphatic heterocycles. The van der Waals surface area contributed by atoms with Gasteiger partial charge in [0.25, 0.3) is 5.56 Å². The number of aromatic nitrogens is 6. The number of aryl methyl sites for hydroxylation is 2. The summed E-state index contributed by atoms with van der Waals surface area (Å²) in [6.07, 6.45) is -6.86. The molecular weight excluding hydrogens is 1060 g/mol. The SMILES string of the molecule is Cc1ccc(C(=O)Oc2ccc(CSP3(=O)OC[C@@H]4C[C@@H](OP(=O)(SCc5ccc(OC(=O)c6ccc(C)cc6)cc5)OC[C@H]5O[C@@H](n6cnc7c(N)ncnc76)[C@H](F)[C@@H]5O3)[C@H](n3ccc(=O)[nH]c3=O)O4)cc2)cc1. The maximum atomic E-state index is 17.3. The lowest BCUT2D eigenvalue weighted by Gasteiger charge is -2.28. The molecule has 9 atom stereocenters. The molecule has 4 aromatic carbocycles. The Morgan fingerprint density at radius 2 is 1.29 bits per heavy atom. The van der Waals surface area contributed by atoms with E-state index < -0.39 is 93.0 Å². The molecule has 26 heteroatoms. The molecule has 6 heterocycles. The van der Waals surface area contributed by atoms with E-state index in [4.69, 9.17) is 42.8 Å². The van der Waals surface area contributed by atoms with Gasteiger partial charge >= 0.3 is 31.2 Å². The quantitative estimate of drug-likeness (QED) is 0.0660. The summed E-state index contributed by atoms with van der Waals surface area (Å²) < 4.78 is 98.7. The van der Waals surface area contributed by atoms with Crippen molar-refractivity contribution in [3.8, 4) is 11.5 Å². The van der Waals surface area contributed by atoms with Crippen LogP contribution in [0.5, 0.6) is 11.5 Å². The number of anilines is 1. The Balaban J connectivity index is 0.935. The van der Waals surface area contributed by atoms with Gasteiger partial charge in [0.1, 0.15) is 41.7 Å². The summed E-state index contributed by atoms with van der Waals surface area (Å²) in [6, 6.07) is 27.8. The summed E-state index contributed by atoms with van der Waals surface area (Å²) >= 11 is 1.50. The van der Waals surface area contributed by atoms with Gasteiger partial charge in [-0.1, -0.05) is 59.7 Å². The first-order valence-corrected chi connectivity index (χ1v) is 29.4. The van der Waals surface area contributed by atoms with Crippen molar-refractivity contribution in [3.63, 3.8) is 0 Å². The van der Waals surface area contributed by atoms with Gasteiger partial charge in [-0.3, -0.25) is 37.0 Å². The smallest absolute Gasteiger partial charge is 0.389 e. The van der Waals surface area contributed by atoms with Crippen molar-refractivity contribution in [1.82, 2.24) is 29.1 Å². The van der Waals surface area contributed by atoms with E-state index in [1.165, 1.54) is 23.4 Å². The molecule has 2 bridgehead atoms. The topological polar surface area (TPSA) is 267 Å². The molecule has 3 aromatic heterocycles. The number of ether oxygens (including phenoxy) is 4. The van der Waals surface area contributed by atoms with Crippen molar-refractivity contribution in [2.75, 3.05) is 18.9 Å². The maximum Gasteiger partial charge on any atom is 0.389 e. The van der Waals surface area contributed by atoms with Gasteiger partial charge in [0.15, 0.2) is 30.1 Å². The van der Waals surface area contributed by atoms with Gasteiger partial charge < -0.3 is 24.7 Å². The highest BCUT2D eigenvalue weighted by atomic mass is 32.7. The molecule has 3 N–H and O–H groups in total. The minimum atomic E-state index is -4.50. The zero-order chi connectivity index (χ0) is 52.4. The first kappa shape index (κ1) is 52.2. The number of imidazole rings is 1. The van der Waals surface area contributed by atoms with Crippen molar-refractivity contribution in [3.05, 3.63) is 176 Å². The second-order valence-electron chi connectivity index (χ2n) is 17.5. The van der Waals surface area contributed by atoms with E-state index in [1.807, 2.05) is 13.8 Å². The van der Waals surface area contributed by atoms with Crippen LogP contribution in [-0.4, -0.2) is 84.8 Å². The highest BCUT2D eigenvalue weighted by Gasteiger charge is 2.53. The third-order valence-electron chi connectivity index (χ3n) is 12.2. The molecule has 7 aromatic rings. The largest absolute Gasteiger partial charge is 0.423 e. The Bertz CT molecular complexity index is 3440. The van der Waals surface area contributed by atoms with Gasteiger partial charge in [-0.2, -0.15) is 0 Å². The molecule has 3 aliphatic rings. The van der Waals surface area contributed by atoms with E-state index in [0.717, 1.165) is 44.5 Å². The van der Waals surface area contributed by atoms with Gasteiger partial charge in [0.2, 0.25) is 0 Å². The Morgan fingerprint density at radius 3 is 1.88 bits per heavy atom. The van der Waals surface area contributed by atoms with Crippen LogP contribution in [0.3, 0.4) is 0 Å². The van der Waals surface area contributed by atoms with Crippen molar-refractivity contribution < 1.29 is 60.2 Å². The number of alkyl halides is 1. The Kier molecular flexibility index (Phi) is 15.4. The number of H-pyrrole nitrogens is 1. The number of nitrogens with one attached hydrogen (secondary N) is 1. The number of benzene rings is 4. The predicted octanol–water partition coefficient (Wildman–Crippen LogP) is 8.44. The fourth-order valence-corrected chi connectivity index (χ4v) is 15.0. The summed E-state index contributed by atoms with van der Waals surface area (Å²) in [4.78, 5) is 65.7. The Hall–Kier alpha value is -6.30. The van der Waals surface area contributed by atoms with Crippen LogP contribution in [-0.2, 0) is 48.2 Å². The number of nitrogens with zero attached hydrogens (tertiary/aromatic N) is 5. The Labute approximate surface area is 434 Å². The van der Waals surface area contributed by atoms with Crippen LogP contribution in [0.1, 0.15) is 61.8 Å². The number of hydrogen-bond donors (Lipinski definition) is 2. The molecule has 0 radical (unpaired) electrons. The van der Waals surface area contributed by atoms with Crippen LogP contribution in [0.25, 0.3) is 11.2 Å². The van der Waals surface area contributed by atoms with Crippen molar-refractivity contribution >= 4 is 65.3 Å². The predicted molar refractivity (Wildman–Crippen MR) is 273 cm³/mol. The highest BCUT2D eigenvalue weighted by molar-refractivity contribution is 8.55. The standard InChI is InChI=1S/C49H46FN7O14P2S2/c1-28-3-11-32(12-4-28)47(59)67-34-15-7-30(8-16-34)24-74-72(62)65-23-38-42(40(50)46(69-38)57-27-54-41-43(51)52-26-53-44(41)57)71-73(63,64-22-36-21-37(70-72)45(66-36)56-20-19-39(58)55-49(56)61)75-25-31-9-17-35(18-10-31)68-48(60)33-13-5-29(2)6-14-33/h3-20,26-27,36-38,40,42,45-46H,21-25H2,1-2H3,(H2,51,52,53)(H,55,58,61)/t36-,37+,38+,40+,42+,45+,46+,72?,73?/m0/s1. The van der Waals surface area contributed by atoms with Crippen LogP contribution in [0, 0.1) is 13.8 Å². The lowest BCUT2D eigenvalue weighted by Crippen LogP contribution is -2.36. The summed E-state index contributed by atoms with van der Waals surface area (Å²) in [6.45, 7) is -6.30. The molecule has 390 valence electrons. The fraction of sp³-hybridized carbons (Fsp3) is 0.286. The summed E-state index contributed by atoms with van der Waals surface area (Å²) in [5, 5.41) is 0. The maximum absolute atomic E-state index is 17.3. The van der Waals surface area contributed by atoms with Gasteiger partial charge in [-0.25, -0.2) is 42.9 Å². The molecule has 2 unspecified atom stereocenters. The third-order valence-corrected chi connectivity index (χ3v) is 19.5. The molecule has 0 saturated carbocycles. The third kappa shape index (κ3) is 12.1. The average molecular weight is 1100 g/mol. The Morgan fingerprint density at radius 1 is 0.720 bits per heavy atom. The second kappa shape index (κ2) is 22.1. The molecule has 0 spiro atoms. The van der Waals surface area contributed by atoms with Crippen LogP contribution in [0.2, 0.25) is 0 Å². The fourth-order valence-electron chi connectivity index (χ4n) is 8.20. The van der Waals surface area contributed by atoms with Gasteiger partial charge in [-0.15, -0.1) is 0 Å². The first-order valence-electron chi connectivity index (χ1n) is 23.2. The highest BCUT2D eigenvalue weighted by Crippen LogP contribution is 2.67. The first-order chi connectivity index (χ1) is 36.1. The monoisotopic (exact) mass is 1100 g/mol. The van der Waals surface area contributed by atoms with E-state index in [0.29, 0.717) is 22.3 Å². The molecule has 10 rings (SSSR count). The molecular formula is C49H46FN7O14P2S2. The molecule has 3 fully saturated rings. The molecule has 21 nitrogen and oxygen atoms in total. The van der Waals surface area contributed by atoms with Crippen LogP contribution < -0.4 is 26.5 Å². The van der Waals surface area contributed by atoms with Gasteiger partial charge in [0, 0.05) is 30.2 Å². The van der Waals surface area contributed by atoms with Crippen LogP contribution >= 0.6 is 36.4 Å². The number of carbonyl (C=O) groups excluding carboxylic acids is 2. The number of halogens is 1. The van der Waals surface area contributed by atoms with E-state index in [9.17, 15) is 19.2 Å². The van der Waals surface area contributed by atoms with E-state index in [-0.39, 0.29) is 46.4 Å². The summed E-state index contributed by atoms with van der Waals surface area (Å²) in [7, 11) is 0. The summed E-state index contributed by atoms with van der Waals surface area (Å²) in [5.74, 6) is -0.605. The number of aromatic amines is 1. The van der Waals surface area contributed by atoms with Crippen LogP contribution in [0.15, 0.2) is 132 Å². The molecule has 0 aliphatic carbocycles. The summed E-state index contributed by atoms with van der Waals surface area (Å²) in [5.41, 5.74) is 8.68. The average Bonchev–Trinajstić information content (AvgIpc) is 4.10. The van der Waals surface area contributed by atoms with Crippen molar-refractivity contribution in [2.45, 2.75) is 74.8 Å². The lowest BCUT2D eigenvalue weighted by molar-refractivity contribution is -0.0586. The number of nitrogens with two attached hydrogens (primary N) is 1. The van der Waals surface area contributed by atoms with Crippen LogP contribution in [0.4, 0.5) is 10.2 Å². The zero-order valence-electron chi connectivity index (χ0n) is 39.7. The number of nitrogen functional groups attached to an aromatic ring is 1. The zero-order valence-corrected chi connectivity index (χ0v) is 43.2. The number of rotatable bonds is 12. The minimum Gasteiger partial charge on any atom is -0.423 e. The molecule has 3 saturated heterocycles. The van der Waals surface area contributed by atoms with Gasteiger partial charge in [-0.05, 0) is 96.3 Å². The van der Waals surface area contributed by atoms with E-state index >= 15 is 13.5 Å². The number of fused-ring (bicyclic) bond motifs is 4. The number of esters is 2.